The van der Waals surface area contributed by atoms with Gasteiger partial charge in [-0.25, -0.2) is 4.98 Å². The molecular weight excluding hydrogens is 296 g/mol. The van der Waals surface area contributed by atoms with Crippen LogP contribution in [0.4, 0.5) is 11.6 Å². The SMILES string of the molecule is CC1(C)N(c2ccc(C#N)cc2)c2nc3ccccc3n2C1(C)C. The summed E-state index contributed by atoms with van der Waals surface area (Å²) in [6.45, 7) is 9.01. The summed E-state index contributed by atoms with van der Waals surface area (Å²) in [5, 5.41) is 9.05. The van der Waals surface area contributed by atoms with Crippen LogP contribution in [0.2, 0.25) is 0 Å². The van der Waals surface area contributed by atoms with Gasteiger partial charge in [0, 0.05) is 5.69 Å². The number of nitrogens with zero attached hydrogens (tertiary/aromatic N) is 4. The van der Waals surface area contributed by atoms with Crippen molar-refractivity contribution >= 4 is 22.7 Å². The van der Waals surface area contributed by atoms with Crippen molar-refractivity contribution in [3.05, 3.63) is 54.1 Å². The molecule has 0 atom stereocenters. The summed E-state index contributed by atoms with van der Waals surface area (Å²) in [6.07, 6.45) is 0. The van der Waals surface area contributed by atoms with Crippen LogP contribution < -0.4 is 4.90 Å². The molecule has 1 aromatic heterocycles. The van der Waals surface area contributed by atoms with Crippen molar-refractivity contribution in [3.8, 4) is 6.07 Å². The van der Waals surface area contributed by atoms with Crippen LogP contribution in [0, 0.1) is 11.3 Å². The fourth-order valence-corrected chi connectivity index (χ4v) is 3.63. The Bertz CT molecular complexity index is 971. The van der Waals surface area contributed by atoms with E-state index in [1.807, 2.05) is 30.3 Å². The highest BCUT2D eigenvalue weighted by Crippen LogP contribution is 2.51. The van der Waals surface area contributed by atoms with Gasteiger partial charge < -0.3 is 9.47 Å². The molecule has 2 aromatic carbocycles. The molecule has 0 saturated heterocycles. The lowest BCUT2D eigenvalue weighted by Crippen LogP contribution is -2.50. The van der Waals surface area contributed by atoms with E-state index in [0.29, 0.717) is 5.56 Å². The number of anilines is 2. The minimum Gasteiger partial charge on any atom is -0.304 e. The van der Waals surface area contributed by atoms with Crippen molar-refractivity contribution in [1.82, 2.24) is 9.55 Å². The lowest BCUT2D eigenvalue weighted by molar-refractivity contribution is 0.253. The molecule has 2 heterocycles. The second-order valence-corrected chi connectivity index (χ2v) is 7.35. The van der Waals surface area contributed by atoms with Gasteiger partial charge in [-0.1, -0.05) is 12.1 Å². The molecule has 0 amide bonds. The first kappa shape index (κ1) is 14.8. The van der Waals surface area contributed by atoms with Gasteiger partial charge in [-0.05, 0) is 64.1 Å². The van der Waals surface area contributed by atoms with Crippen molar-refractivity contribution in [2.24, 2.45) is 0 Å². The topological polar surface area (TPSA) is 44.9 Å². The molecule has 0 saturated carbocycles. The van der Waals surface area contributed by atoms with E-state index >= 15 is 0 Å². The molecule has 1 aliphatic rings. The van der Waals surface area contributed by atoms with Gasteiger partial charge in [0.2, 0.25) is 5.95 Å². The van der Waals surface area contributed by atoms with Crippen LogP contribution in [-0.2, 0) is 5.54 Å². The fourth-order valence-electron chi connectivity index (χ4n) is 3.63. The highest BCUT2D eigenvalue weighted by atomic mass is 15.4. The van der Waals surface area contributed by atoms with Gasteiger partial charge in [0.15, 0.2) is 0 Å². The molecule has 4 rings (SSSR count). The normalized spacial score (nSPS) is 17.7. The minimum absolute atomic E-state index is 0.133. The first-order valence-corrected chi connectivity index (χ1v) is 8.16. The first-order valence-electron chi connectivity index (χ1n) is 8.16. The molecule has 0 aliphatic carbocycles. The third-order valence-electron chi connectivity index (χ3n) is 5.61. The summed E-state index contributed by atoms with van der Waals surface area (Å²) in [6, 6.07) is 18.2. The van der Waals surface area contributed by atoms with Gasteiger partial charge in [-0.3, -0.25) is 0 Å². The predicted octanol–water partition coefficient (Wildman–Crippen LogP) is 4.57. The molecular formula is C20H20N4. The predicted molar refractivity (Wildman–Crippen MR) is 96.4 cm³/mol. The van der Waals surface area contributed by atoms with Gasteiger partial charge in [-0.2, -0.15) is 5.26 Å². The van der Waals surface area contributed by atoms with E-state index in [-0.39, 0.29) is 11.1 Å². The van der Waals surface area contributed by atoms with Gasteiger partial charge in [0.25, 0.3) is 0 Å². The number of benzene rings is 2. The Morgan fingerprint density at radius 2 is 1.58 bits per heavy atom. The summed E-state index contributed by atoms with van der Waals surface area (Å²) in [4.78, 5) is 7.19. The molecule has 0 radical (unpaired) electrons. The zero-order valence-electron chi connectivity index (χ0n) is 14.4. The number of para-hydroxylation sites is 2. The maximum Gasteiger partial charge on any atom is 0.212 e. The summed E-state index contributed by atoms with van der Waals surface area (Å²) in [7, 11) is 0. The molecule has 3 aromatic rings. The van der Waals surface area contributed by atoms with Crippen LogP contribution in [-0.4, -0.2) is 15.1 Å². The lowest BCUT2D eigenvalue weighted by atomic mass is 9.82. The number of imidazole rings is 1. The van der Waals surface area contributed by atoms with Crippen LogP contribution >= 0.6 is 0 Å². The molecule has 1 aliphatic heterocycles. The number of fused-ring (bicyclic) bond motifs is 3. The van der Waals surface area contributed by atoms with E-state index in [4.69, 9.17) is 10.2 Å². The summed E-state index contributed by atoms with van der Waals surface area (Å²) in [5.41, 5.74) is 3.60. The van der Waals surface area contributed by atoms with Gasteiger partial charge in [-0.15, -0.1) is 0 Å². The van der Waals surface area contributed by atoms with E-state index < -0.39 is 0 Å². The Labute approximate surface area is 142 Å². The van der Waals surface area contributed by atoms with E-state index in [9.17, 15) is 0 Å². The van der Waals surface area contributed by atoms with Crippen LogP contribution in [0.5, 0.6) is 0 Å². The van der Waals surface area contributed by atoms with Crippen LogP contribution in [0.25, 0.3) is 11.0 Å². The smallest absolute Gasteiger partial charge is 0.212 e. The quantitative estimate of drug-likeness (QED) is 0.660. The van der Waals surface area contributed by atoms with Gasteiger partial charge in [0.1, 0.15) is 0 Å². The van der Waals surface area contributed by atoms with Crippen LogP contribution in [0.1, 0.15) is 33.3 Å². The highest BCUT2D eigenvalue weighted by Gasteiger charge is 2.53. The molecule has 4 heteroatoms. The maximum atomic E-state index is 9.05. The second kappa shape index (κ2) is 4.61. The molecule has 0 spiro atoms. The van der Waals surface area contributed by atoms with Crippen molar-refractivity contribution in [2.45, 2.75) is 38.8 Å². The summed E-state index contributed by atoms with van der Waals surface area (Å²) < 4.78 is 2.33. The maximum absolute atomic E-state index is 9.05. The van der Waals surface area contributed by atoms with Gasteiger partial charge >= 0.3 is 0 Å². The van der Waals surface area contributed by atoms with Crippen molar-refractivity contribution < 1.29 is 0 Å². The van der Waals surface area contributed by atoms with E-state index in [2.05, 4.69) is 61.4 Å². The average Bonchev–Trinajstić information content (AvgIpc) is 3.00. The lowest BCUT2D eigenvalue weighted by Gasteiger charge is -2.41. The monoisotopic (exact) mass is 316 g/mol. The van der Waals surface area contributed by atoms with Gasteiger partial charge in [0.05, 0.1) is 33.7 Å². The Hall–Kier alpha value is -2.80. The number of rotatable bonds is 1. The standard InChI is InChI=1S/C20H20N4/c1-19(2)20(3,4)24-17-8-6-5-7-16(17)22-18(24)23(19)15-11-9-14(13-21)10-12-15/h5-12H,1-4H3. The van der Waals surface area contributed by atoms with Crippen LogP contribution in [0.15, 0.2) is 48.5 Å². The molecule has 0 bridgehead atoms. The molecule has 0 unspecified atom stereocenters. The largest absolute Gasteiger partial charge is 0.304 e. The third kappa shape index (κ3) is 1.70. The average molecular weight is 316 g/mol. The molecule has 0 fully saturated rings. The number of hydrogen-bond donors (Lipinski definition) is 0. The first-order chi connectivity index (χ1) is 11.4. The fraction of sp³-hybridized carbons (Fsp3) is 0.300. The Morgan fingerprint density at radius 3 is 2.25 bits per heavy atom. The summed E-state index contributed by atoms with van der Waals surface area (Å²) in [5.74, 6) is 0.955. The number of hydrogen-bond acceptors (Lipinski definition) is 3. The van der Waals surface area contributed by atoms with Crippen molar-refractivity contribution in [1.29, 1.82) is 5.26 Å². The van der Waals surface area contributed by atoms with E-state index in [0.717, 1.165) is 22.7 Å². The Morgan fingerprint density at radius 1 is 0.917 bits per heavy atom. The van der Waals surface area contributed by atoms with Crippen LogP contribution in [0.3, 0.4) is 0 Å². The zero-order chi connectivity index (χ0) is 17.1. The number of nitriles is 1. The van der Waals surface area contributed by atoms with E-state index in [1.54, 1.807) is 0 Å². The van der Waals surface area contributed by atoms with Crippen molar-refractivity contribution in [2.75, 3.05) is 4.90 Å². The molecule has 120 valence electrons. The summed E-state index contributed by atoms with van der Waals surface area (Å²) >= 11 is 0. The molecule has 0 N–H and O–H groups in total. The molecule has 4 nitrogen and oxygen atoms in total. The van der Waals surface area contributed by atoms with Crippen molar-refractivity contribution in [3.63, 3.8) is 0 Å². The highest BCUT2D eigenvalue weighted by molar-refractivity contribution is 5.83. The van der Waals surface area contributed by atoms with E-state index in [1.165, 1.54) is 0 Å². The Balaban J connectivity index is 1.99. The zero-order valence-corrected chi connectivity index (χ0v) is 14.4. The Kier molecular flexibility index (Phi) is 2.84. The molecule has 24 heavy (non-hydrogen) atoms. The number of aromatic nitrogens is 2. The third-order valence-corrected chi connectivity index (χ3v) is 5.61. The minimum atomic E-state index is -0.159. The second-order valence-electron chi connectivity index (χ2n) is 7.35.